The van der Waals surface area contributed by atoms with E-state index in [9.17, 15) is 8.42 Å². The van der Waals surface area contributed by atoms with Crippen molar-refractivity contribution in [3.05, 3.63) is 11.8 Å². The molecular weight excluding hydrogens is 308 g/mol. The molecule has 8 heteroatoms. The zero-order valence-corrected chi connectivity index (χ0v) is 13.1. The molecule has 0 bridgehead atoms. The first kappa shape index (κ1) is 13.4. The Bertz CT molecular complexity index is 782. The lowest BCUT2D eigenvalue weighted by atomic mass is 9.79. The maximum Gasteiger partial charge on any atom is 0.157 e. The summed E-state index contributed by atoms with van der Waals surface area (Å²) in [5, 5.41) is 3.40. The molecule has 1 atom stereocenters. The molecule has 21 heavy (non-hydrogen) atoms. The molecule has 3 heterocycles. The number of anilines is 1. The lowest BCUT2D eigenvalue weighted by Gasteiger charge is -2.46. The fraction of sp³-hybridized carbons (Fsp3) is 0.615. The van der Waals surface area contributed by atoms with Gasteiger partial charge in [-0.05, 0) is 25.7 Å². The number of aromatic nitrogens is 3. The maximum absolute atomic E-state index is 12.3. The van der Waals surface area contributed by atoms with E-state index < -0.39 is 14.6 Å². The van der Waals surface area contributed by atoms with Gasteiger partial charge in [0.1, 0.15) is 16.7 Å². The molecular formula is C13H16N4O2S2. The van der Waals surface area contributed by atoms with Crippen LogP contribution in [0.3, 0.4) is 0 Å². The summed E-state index contributed by atoms with van der Waals surface area (Å²) in [5.74, 6) is 0.996. The SMILES string of the molecule is O=S1(=O)CCC(Nc2ncnc3scnc23)CC12CCC2. The number of hydrogen-bond donors (Lipinski definition) is 1. The van der Waals surface area contributed by atoms with Crippen molar-refractivity contribution in [3.8, 4) is 0 Å². The predicted octanol–water partition coefficient (Wildman–Crippen LogP) is 2.00. The average molecular weight is 324 g/mol. The van der Waals surface area contributed by atoms with Crippen molar-refractivity contribution in [2.45, 2.75) is 42.9 Å². The topological polar surface area (TPSA) is 84.8 Å². The van der Waals surface area contributed by atoms with E-state index in [1.807, 2.05) is 0 Å². The molecule has 1 aliphatic heterocycles. The molecule has 2 aromatic heterocycles. The molecule has 1 N–H and O–H groups in total. The minimum absolute atomic E-state index is 0.147. The highest BCUT2D eigenvalue weighted by atomic mass is 32.2. The van der Waals surface area contributed by atoms with Crippen molar-refractivity contribution in [2.24, 2.45) is 0 Å². The van der Waals surface area contributed by atoms with Gasteiger partial charge in [0, 0.05) is 6.04 Å². The van der Waals surface area contributed by atoms with Crippen molar-refractivity contribution in [1.29, 1.82) is 0 Å². The van der Waals surface area contributed by atoms with Crippen molar-refractivity contribution in [1.82, 2.24) is 15.0 Å². The first-order valence-corrected chi connectivity index (χ1v) is 9.66. The Hall–Kier alpha value is -1.28. The summed E-state index contributed by atoms with van der Waals surface area (Å²) in [6.07, 6.45) is 5.49. The first-order valence-electron chi connectivity index (χ1n) is 7.13. The first-order chi connectivity index (χ1) is 10.1. The Morgan fingerprint density at radius 2 is 2.14 bits per heavy atom. The number of thiazole rings is 1. The highest BCUT2D eigenvalue weighted by molar-refractivity contribution is 7.92. The van der Waals surface area contributed by atoms with E-state index in [0.29, 0.717) is 12.8 Å². The Morgan fingerprint density at radius 1 is 1.29 bits per heavy atom. The lowest BCUT2D eigenvalue weighted by molar-refractivity contribution is 0.289. The summed E-state index contributed by atoms with van der Waals surface area (Å²) >= 11 is 1.48. The Balaban J connectivity index is 1.60. The van der Waals surface area contributed by atoms with E-state index in [-0.39, 0.29) is 11.8 Å². The summed E-state index contributed by atoms with van der Waals surface area (Å²) in [7, 11) is -2.93. The van der Waals surface area contributed by atoms with Crippen molar-refractivity contribution < 1.29 is 8.42 Å². The van der Waals surface area contributed by atoms with Gasteiger partial charge in [-0.25, -0.2) is 23.4 Å². The van der Waals surface area contributed by atoms with Crippen LogP contribution in [0.25, 0.3) is 10.3 Å². The molecule has 0 amide bonds. The third-order valence-corrected chi connectivity index (χ3v) is 8.15. The zero-order valence-electron chi connectivity index (χ0n) is 11.4. The Kier molecular flexibility index (Phi) is 2.94. The van der Waals surface area contributed by atoms with E-state index in [0.717, 1.165) is 35.4 Å². The van der Waals surface area contributed by atoms with E-state index in [2.05, 4.69) is 20.3 Å². The van der Waals surface area contributed by atoms with Crippen LogP contribution in [0.2, 0.25) is 0 Å². The number of hydrogen-bond acceptors (Lipinski definition) is 7. The van der Waals surface area contributed by atoms with Gasteiger partial charge in [-0.3, -0.25) is 0 Å². The number of sulfone groups is 1. The van der Waals surface area contributed by atoms with E-state index in [1.165, 1.54) is 17.7 Å². The molecule has 2 aliphatic rings. The smallest absolute Gasteiger partial charge is 0.157 e. The summed E-state index contributed by atoms with van der Waals surface area (Å²) in [4.78, 5) is 13.6. The molecule has 0 radical (unpaired) electrons. The second-order valence-electron chi connectivity index (χ2n) is 5.92. The van der Waals surface area contributed by atoms with E-state index in [1.54, 1.807) is 5.51 Å². The lowest BCUT2D eigenvalue weighted by Crippen LogP contribution is -2.53. The van der Waals surface area contributed by atoms with Gasteiger partial charge in [0.2, 0.25) is 0 Å². The van der Waals surface area contributed by atoms with Crippen molar-refractivity contribution in [2.75, 3.05) is 11.1 Å². The second-order valence-corrected chi connectivity index (χ2v) is 9.25. The zero-order chi connectivity index (χ0) is 14.5. The number of nitrogens with one attached hydrogen (secondary N) is 1. The molecule has 6 nitrogen and oxygen atoms in total. The minimum Gasteiger partial charge on any atom is -0.365 e. The second kappa shape index (κ2) is 4.61. The van der Waals surface area contributed by atoms with Gasteiger partial charge in [0.05, 0.1) is 16.0 Å². The molecule has 1 saturated carbocycles. The maximum atomic E-state index is 12.3. The van der Waals surface area contributed by atoms with Gasteiger partial charge in [-0.1, -0.05) is 6.42 Å². The highest BCUT2D eigenvalue weighted by Crippen LogP contribution is 2.47. The molecule has 1 saturated heterocycles. The van der Waals surface area contributed by atoms with Gasteiger partial charge in [-0.2, -0.15) is 0 Å². The van der Waals surface area contributed by atoms with Crippen molar-refractivity contribution >= 4 is 37.3 Å². The summed E-state index contributed by atoms with van der Waals surface area (Å²) in [6, 6.07) is 0.147. The fourth-order valence-electron chi connectivity index (χ4n) is 3.39. The van der Waals surface area contributed by atoms with Crippen LogP contribution in [-0.4, -0.2) is 39.9 Å². The van der Waals surface area contributed by atoms with Crippen LogP contribution in [0, 0.1) is 0 Å². The molecule has 0 aromatic carbocycles. The summed E-state index contributed by atoms with van der Waals surface area (Å²) in [6.45, 7) is 0. The molecule has 2 aromatic rings. The molecule has 4 rings (SSSR count). The summed E-state index contributed by atoms with van der Waals surface area (Å²) in [5.41, 5.74) is 2.53. The molecule has 1 aliphatic carbocycles. The minimum atomic E-state index is -2.93. The van der Waals surface area contributed by atoms with Gasteiger partial charge in [-0.15, -0.1) is 11.3 Å². The fourth-order valence-corrected chi connectivity index (χ4v) is 6.42. The normalized spacial score (nSPS) is 26.6. The van der Waals surface area contributed by atoms with E-state index >= 15 is 0 Å². The van der Waals surface area contributed by atoms with E-state index in [4.69, 9.17) is 0 Å². The van der Waals surface area contributed by atoms with Crippen LogP contribution in [0.5, 0.6) is 0 Å². The van der Waals surface area contributed by atoms with Crippen LogP contribution in [0.1, 0.15) is 32.1 Å². The molecule has 2 fully saturated rings. The largest absolute Gasteiger partial charge is 0.365 e. The third kappa shape index (κ3) is 2.03. The van der Waals surface area contributed by atoms with Crippen molar-refractivity contribution in [3.63, 3.8) is 0 Å². The highest BCUT2D eigenvalue weighted by Gasteiger charge is 2.52. The van der Waals surface area contributed by atoms with Gasteiger partial charge in [0.25, 0.3) is 0 Å². The van der Waals surface area contributed by atoms with Gasteiger partial charge < -0.3 is 5.32 Å². The number of rotatable bonds is 2. The Labute approximate surface area is 126 Å². The molecule has 1 unspecified atom stereocenters. The molecule has 112 valence electrons. The number of fused-ring (bicyclic) bond motifs is 1. The summed E-state index contributed by atoms with van der Waals surface area (Å²) < 4.78 is 24.1. The standard InChI is InChI=1S/C13H16N4O2S2/c18-21(19)5-2-9(6-13(21)3-1-4-13)17-11-10-12(15-7-14-11)20-8-16-10/h7-9H,1-6H2,(H,14,15,17). The van der Waals surface area contributed by atoms with Crippen LogP contribution in [0.4, 0.5) is 5.82 Å². The quantitative estimate of drug-likeness (QED) is 0.909. The van der Waals surface area contributed by atoms with Crippen LogP contribution in [0.15, 0.2) is 11.8 Å². The predicted molar refractivity (Wildman–Crippen MR) is 82.2 cm³/mol. The number of nitrogens with zero attached hydrogens (tertiary/aromatic N) is 3. The van der Waals surface area contributed by atoms with Crippen LogP contribution >= 0.6 is 11.3 Å². The van der Waals surface area contributed by atoms with Gasteiger partial charge >= 0.3 is 0 Å². The third-order valence-electron chi connectivity index (χ3n) is 4.75. The van der Waals surface area contributed by atoms with Gasteiger partial charge in [0.15, 0.2) is 15.7 Å². The Morgan fingerprint density at radius 3 is 2.90 bits per heavy atom. The molecule has 1 spiro atoms. The average Bonchev–Trinajstić information content (AvgIpc) is 2.88. The monoisotopic (exact) mass is 324 g/mol. The van der Waals surface area contributed by atoms with Crippen LogP contribution in [-0.2, 0) is 9.84 Å². The van der Waals surface area contributed by atoms with Crippen LogP contribution < -0.4 is 5.32 Å².